The van der Waals surface area contributed by atoms with E-state index in [0.717, 1.165) is 11.3 Å². The molecule has 7 heteroatoms. The van der Waals surface area contributed by atoms with E-state index in [1.165, 1.54) is 16.2 Å². The van der Waals surface area contributed by atoms with Crippen molar-refractivity contribution in [2.75, 3.05) is 23.4 Å². The van der Waals surface area contributed by atoms with Crippen molar-refractivity contribution >= 4 is 40.1 Å². The van der Waals surface area contributed by atoms with Gasteiger partial charge >= 0.3 is 0 Å². The Morgan fingerprint density at radius 1 is 0.938 bits per heavy atom. The molecule has 0 fully saturated rings. The highest BCUT2D eigenvalue weighted by Gasteiger charge is 2.41. The van der Waals surface area contributed by atoms with Crippen molar-refractivity contribution in [1.29, 1.82) is 0 Å². The summed E-state index contributed by atoms with van der Waals surface area (Å²) in [7, 11) is 0. The molecule has 6 nitrogen and oxygen atoms in total. The van der Waals surface area contributed by atoms with E-state index < -0.39 is 5.91 Å². The Bertz CT molecular complexity index is 1150. The maximum atomic E-state index is 13.6. The number of benzene rings is 2. The summed E-state index contributed by atoms with van der Waals surface area (Å²) < 4.78 is 11.4. The van der Waals surface area contributed by atoms with Gasteiger partial charge in [-0.15, -0.1) is 11.3 Å². The molecule has 1 N–H and O–H groups in total. The van der Waals surface area contributed by atoms with E-state index in [1.807, 2.05) is 55.6 Å². The fraction of sp³-hybridized carbons (Fsp3) is 0.200. The van der Waals surface area contributed by atoms with Gasteiger partial charge in [-0.25, -0.2) is 4.90 Å². The molecule has 0 atom stereocenters. The number of carbonyl (C=O) groups is 2. The molecule has 0 aliphatic carbocycles. The van der Waals surface area contributed by atoms with E-state index in [2.05, 4.69) is 5.32 Å². The van der Waals surface area contributed by atoms with Gasteiger partial charge in [0.1, 0.15) is 17.2 Å². The standard InChI is InChI=1S/C25H24N2O4S/c1-3-14-31-20-12-6-5-11-19(20)27-24(28)22(21-13-8-15-32-21)23(25(27)29)26-17-9-7-10-18(16-17)30-4-2/h5-13,15-16,26H,3-4,14H2,1-2H3. The van der Waals surface area contributed by atoms with E-state index in [0.29, 0.717) is 41.7 Å². The summed E-state index contributed by atoms with van der Waals surface area (Å²) in [5.74, 6) is 0.380. The molecule has 0 bridgehead atoms. The molecule has 1 aromatic heterocycles. The second-order valence-corrected chi connectivity index (χ2v) is 8.02. The summed E-state index contributed by atoms with van der Waals surface area (Å²) >= 11 is 1.41. The van der Waals surface area contributed by atoms with Crippen LogP contribution in [-0.2, 0) is 9.59 Å². The van der Waals surface area contributed by atoms with Crippen LogP contribution in [0.3, 0.4) is 0 Å². The smallest absolute Gasteiger partial charge is 0.282 e. The molecular weight excluding hydrogens is 424 g/mol. The summed E-state index contributed by atoms with van der Waals surface area (Å²) in [6.45, 7) is 4.94. The van der Waals surface area contributed by atoms with Crippen LogP contribution >= 0.6 is 11.3 Å². The lowest BCUT2D eigenvalue weighted by molar-refractivity contribution is -0.120. The lowest BCUT2D eigenvalue weighted by Crippen LogP contribution is -2.32. The number of nitrogens with one attached hydrogen (secondary N) is 1. The first-order chi connectivity index (χ1) is 15.6. The summed E-state index contributed by atoms with van der Waals surface area (Å²) in [6.07, 6.45) is 0.817. The molecule has 0 spiro atoms. The first kappa shape index (κ1) is 21.6. The third-order valence-electron chi connectivity index (χ3n) is 4.83. The lowest BCUT2D eigenvalue weighted by Gasteiger charge is -2.19. The lowest BCUT2D eigenvalue weighted by atomic mass is 10.2. The molecule has 2 heterocycles. The predicted octanol–water partition coefficient (Wildman–Crippen LogP) is 5.33. The van der Waals surface area contributed by atoms with E-state index >= 15 is 0 Å². The Kier molecular flexibility index (Phi) is 6.56. The Morgan fingerprint density at radius 3 is 2.53 bits per heavy atom. The minimum absolute atomic E-state index is 0.233. The van der Waals surface area contributed by atoms with E-state index in [4.69, 9.17) is 9.47 Å². The average Bonchev–Trinajstić information content (AvgIpc) is 3.40. The van der Waals surface area contributed by atoms with E-state index in [1.54, 1.807) is 24.3 Å². The molecule has 0 saturated carbocycles. The molecule has 1 aliphatic rings. The Hall–Kier alpha value is -3.58. The van der Waals surface area contributed by atoms with Crippen LogP contribution in [0.5, 0.6) is 11.5 Å². The molecule has 32 heavy (non-hydrogen) atoms. The predicted molar refractivity (Wildman–Crippen MR) is 127 cm³/mol. The van der Waals surface area contributed by atoms with Crippen LogP contribution < -0.4 is 19.7 Å². The molecule has 164 valence electrons. The third-order valence-corrected chi connectivity index (χ3v) is 5.72. The number of rotatable bonds is 9. The number of carbonyl (C=O) groups excluding carboxylic acids is 2. The van der Waals surface area contributed by atoms with Crippen LogP contribution in [0.25, 0.3) is 5.57 Å². The molecule has 2 aromatic carbocycles. The van der Waals surface area contributed by atoms with Crippen LogP contribution in [0.1, 0.15) is 25.1 Å². The maximum Gasteiger partial charge on any atom is 0.282 e. The quantitative estimate of drug-likeness (QED) is 0.448. The van der Waals surface area contributed by atoms with Crippen molar-refractivity contribution in [3.63, 3.8) is 0 Å². The maximum absolute atomic E-state index is 13.6. The molecule has 3 aromatic rings. The van der Waals surface area contributed by atoms with Gasteiger partial charge in [0.25, 0.3) is 11.8 Å². The number of ether oxygens (including phenoxy) is 2. The normalized spacial score (nSPS) is 13.6. The van der Waals surface area contributed by atoms with Crippen molar-refractivity contribution in [3.8, 4) is 11.5 Å². The van der Waals surface area contributed by atoms with Crippen molar-refractivity contribution < 1.29 is 19.1 Å². The zero-order valence-corrected chi connectivity index (χ0v) is 18.8. The van der Waals surface area contributed by atoms with Gasteiger partial charge in [0, 0.05) is 16.6 Å². The molecule has 2 amide bonds. The Morgan fingerprint density at radius 2 is 1.78 bits per heavy atom. The zero-order valence-electron chi connectivity index (χ0n) is 18.0. The number of anilines is 2. The van der Waals surface area contributed by atoms with Gasteiger partial charge in [-0.3, -0.25) is 9.59 Å². The van der Waals surface area contributed by atoms with Gasteiger partial charge in [-0.05, 0) is 49.1 Å². The Balaban J connectivity index is 1.75. The van der Waals surface area contributed by atoms with Crippen LogP contribution in [-0.4, -0.2) is 25.0 Å². The minimum Gasteiger partial charge on any atom is -0.494 e. The van der Waals surface area contributed by atoms with Gasteiger partial charge in [0.2, 0.25) is 0 Å². The van der Waals surface area contributed by atoms with Crippen LogP contribution in [0.2, 0.25) is 0 Å². The number of amides is 2. The van der Waals surface area contributed by atoms with Crippen molar-refractivity contribution in [2.24, 2.45) is 0 Å². The molecule has 1 aliphatic heterocycles. The van der Waals surface area contributed by atoms with Crippen LogP contribution in [0.4, 0.5) is 11.4 Å². The topological polar surface area (TPSA) is 67.9 Å². The number of nitrogens with zero attached hydrogens (tertiary/aromatic N) is 1. The number of imide groups is 1. The number of para-hydroxylation sites is 2. The van der Waals surface area contributed by atoms with Crippen molar-refractivity contribution in [1.82, 2.24) is 0 Å². The monoisotopic (exact) mass is 448 g/mol. The highest BCUT2D eigenvalue weighted by molar-refractivity contribution is 7.11. The molecule has 0 saturated heterocycles. The highest BCUT2D eigenvalue weighted by Crippen LogP contribution is 2.39. The summed E-state index contributed by atoms with van der Waals surface area (Å²) in [6, 6.07) is 18.1. The van der Waals surface area contributed by atoms with Crippen molar-refractivity contribution in [3.05, 3.63) is 76.6 Å². The van der Waals surface area contributed by atoms with Crippen molar-refractivity contribution in [2.45, 2.75) is 20.3 Å². The van der Waals surface area contributed by atoms with Gasteiger partial charge in [0.15, 0.2) is 0 Å². The van der Waals surface area contributed by atoms with E-state index in [9.17, 15) is 9.59 Å². The van der Waals surface area contributed by atoms with Gasteiger partial charge < -0.3 is 14.8 Å². The van der Waals surface area contributed by atoms with Gasteiger partial charge in [-0.2, -0.15) is 0 Å². The second-order valence-electron chi connectivity index (χ2n) is 7.08. The van der Waals surface area contributed by atoms with Crippen LogP contribution in [0, 0.1) is 0 Å². The minimum atomic E-state index is -0.423. The first-order valence-electron chi connectivity index (χ1n) is 10.5. The summed E-state index contributed by atoms with van der Waals surface area (Å²) in [5, 5.41) is 5.06. The average molecular weight is 449 g/mol. The summed E-state index contributed by atoms with van der Waals surface area (Å²) in [5.41, 5.74) is 1.68. The van der Waals surface area contributed by atoms with E-state index in [-0.39, 0.29) is 11.6 Å². The largest absolute Gasteiger partial charge is 0.494 e. The SMILES string of the molecule is CCCOc1ccccc1N1C(=O)C(Nc2cccc(OCC)c2)=C(c2cccs2)C1=O. The van der Waals surface area contributed by atoms with Crippen LogP contribution in [0.15, 0.2) is 71.7 Å². The number of hydrogen-bond acceptors (Lipinski definition) is 6. The molecule has 4 rings (SSSR count). The van der Waals surface area contributed by atoms with Gasteiger partial charge in [0.05, 0.1) is 24.5 Å². The fourth-order valence-electron chi connectivity index (χ4n) is 3.46. The molecule has 0 radical (unpaired) electrons. The highest BCUT2D eigenvalue weighted by atomic mass is 32.1. The molecule has 0 unspecified atom stereocenters. The number of hydrogen-bond donors (Lipinski definition) is 1. The third kappa shape index (κ3) is 4.24. The first-order valence-corrected chi connectivity index (χ1v) is 11.4. The summed E-state index contributed by atoms with van der Waals surface area (Å²) in [4.78, 5) is 29.0. The van der Waals surface area contributed by atoms with Gasteiger partial charge in [-0.1, -0.05) is 31.2 Å². The fourth-order valence-corrected chi connectivity index (χ4v) is 4.23. The zero-order chi connectivity index (χ0) is 22.5. The Labute approximate surface area is 191 Å². The second kappa shape index (κ2) is 9.70. The number of thiophene rings is 1. The molecular formula is C25H24N2O4S.